The van der Waals surface area contributed by atoms with Gasteiger partial charge in [-0.15, -0.1) is 0 Å². The average Bonchev–Trinajstić information content (AvgIpc) is 2.36. The molecule has 0 fully saturated rings. The smallest absolute Gasteiger partial charge is 0.315 e. The zero-order valence-electron chi connectivity index (χ0n) is 11.6. The summed E-state index contributed by atoms with van der Waals surface area (Å²) in [7, 11) is -3.30. The van der Waals surface area contributed by atoms with Crippen LogP contribution in [0.15, 0.2) is 18.2 Å². The third kappa shape index (κ3) is 6.50. The molecule has 1 aromatic carbocycles. The van der Waals surface area contributed by atoms with Gasteiger partial charge in [0.2, 0.25) is 10.0 Å². The molecule has 0 aromatic heterocycles. The van der Waals surface area contributed by atoms with Crippen LogP contribution >= 0.6 is 0 Å². The number of nitrogens with one attached hydrogen (secondary N) is 3. The van der Waals surface area contributed by atoms with Crippen LogP contribution in [0.3, 0.4) is 0 Å². The first kappa shape index (κ1) is 17.3. The molecule has 0 radical (unpaired) electrons. The highest BCUT2D eigenvalue weighted by molar-refractivity contribution is 7.88. The highest BCUT2D eigenvalue weighted by Gasteiger charge is 2.11. The molecule has 1 aromatic rings. The molecule has 0 heterocycles. The highest BCUT2D eigenvalue weighted by Crippen LogP contribution is 2.15. The Kier molecular flexibility index (Phi) is 6.03. The number of rotatable bonds is 6. The van der Waals surface area contributed by atoms with E-state index in [1.807, 2.05) is 0 Å². The van der Waals surface area contributed by atoms with Crippen LogP contribution in [-0.4, -0.2) is 33.8 Å². The van der Waals surface area contributed by atoms with Gasteiger partial charge >= 0.3 is 6.03 Å². The lowest BCUT2D eigenvalue weighted by atomic mass is 10.1. The minimum Gasteiger partial charge on any atom is -0.337 e. The molecular weight excluding hydrogens is 304 g/mol. The molecule has 0 aliphatic heterocycles. The Morgan fingerprint density at radius 2 is 1.90 bits per heavy atom. The van der Waals surface area contributed by atoms with Crippen LogP contribution in [0.5, 0.6) is 0 Å². The van der Waals surface area contributed by atoms with Gasteiger partial charge in [-0.05, 0) is 24.6 Å². The Bertz CT molecular complexity index is 608. The lowest BCUT2D eigenvalue weighted by Gasteiger charge is -2.15. The van der Waals surface area contributed by atoms with Gasteiger partial charge in [0.1, 0.15) is 0 Å². The summed E-state index contributed by atoms with van der Waals surface area (Å²) >= 11 is 0. The molecule has 2 amide bonds. The molecule has 0 bridgehead atoms. The summed E-state index contributed by atoms with van der Waals surface area (Å²) in [5.74, 6) is -1.94. The van der Waals surface area contributed by atoms with Crippen molar-refractivity contribution in [2.75, 3.05) is 19.3 Å². The monoisotopic (exact) mass is 321 g/mol. The van der Waals surface area contributed by atoms with Crippen LogP contribution in [-0.2, 0) is 10.0 Å². The van der Waals surface area contributed by atoms with Crippen molar-refractivity contribution in [1.82, 2.24) is 15.4 Å². The lowest BCUT2D eigenvalue weighted by molar-refractivity contribution is 0.238. The highest BCUT2D eigenvalue weighted by atomic mass is 32.2. The molecule has 9 heteroatoms. The quantitative estimate of drug-likeness (QED) is 0.680. The molecule has 1 unspecified atom stereocenters. The van der Waals surface area contributed by atoms with Crippen molar-refractivity contribution in [3.05, 3.63) is 35.4 Å². The van der Waals surface area contributed by atoms with Crippen molar-refractivity contribution in [3.8, 4) is 0 Å². The Hall–Kier alpha value is -1.74. The Balaban J connectivity index is 2.41. The van der Waals surface area contributed by atoms with Crippen molar-refractivity contribution in [2.24, 2.45) is 0 Å². The predicted octanol–water partition coefficient (Wildman–Crippen LogP) is 0.874. The summed E-state index contributed by atoms with van der Waals surface area (Å²) in [6.07, 6.45) is 1.01. The lowest BCUT2D eigenvalue weighted by Crippen LogP contribution is -2.41. The first-order chi connectivity index (χ1) is 9.69. The molecule has 1 atom stereocenters. The molecular formula is C12H17F2N3O3S. The first-order valence-corrected chi connectivity index (χ1v) is 8.02. The van der Waals surface area contributed by atoms with E-state index in [9.17, 15) is 22.0 Å². The van der Waals surface area contributed by atoms with Gasteiger partial charge in [0.15, 0.2) is 11.6 Å². The van der Waals surface area contributed by atoms with E-state index >= 15 is 0 Å². The number of halogens is 2. The number of benzene rings is 1. The molecule has 0 spiro atoms. The number of hydrogen-bond acceptors (Lipinski definition) is 3. The molecule has 21 heavy (non-hydrogen) atoms. The van der Waals surface area contributed by atoms with E-state index in [-0.39, 0.29) is 13.1 Å². The van der Waals surface area contributed by atoms with Gasteiger partial charge in [-0.1, -0.05) is 6.07 Å². The third-order valence-electron chi connectivity index (χ3n) is 2.57. The van der Waals surface area contributed by atoms with E-state index in [0.717, 1.165) is 18.4 Å². The first-order valence-electron chi connectivity index (χ1n) is 6.13. The van der Waals surface area contributed by atoms with Crippen molar-refractivity contribution in [2.45, 2.75) is 13.0 Å². The molecule has 0 aliphatic carbocycles. The maximum absolute atomic E-state index is 13.1. The third-order valence-corrected chi connectivity index (χ3v) is 3.29. The van der Waals surface area contributed by atoms with E-state index < -0.39 is 33.7 Å². The SMILES string of the molecule is CC(NC(=O)NCCNS(C)(=O)=O)c1ccc(F)c(F)c1. The summed E-state index contributed by atoms with van der Waals surface area (Å²) < 4.78 is 49.7. The summed E-state index contributed by atoms with van der Waals surface area (Å²) in [6.45, 7) is 1.77. The van der Waals surface area contributed by atoms with E-state index in [1.54, 1.807) is 6.92 Å². The fourth-order valence-corrected chi connectivity index (χ4v) is 2.00. The Morgan fingerprint density at radius 1 is 1.24 bits per heavy atom. The van der Waals surface area contributed by atoms with Crippen molar-refractivity contribution < 1.29 is 22.0 Å². The summed E-state index contributed by atoms with van der Waals surface area (Å²) in [4.78, 5) is 11.5. The fourth-order valence-electron chi connectivity index (χ4n) is 1.53. The zero-order valence-corrected chi connectivity index (χ0v) is 12.4. The van der Waals surface area contributed by atoms with E-state index in [2.05, 4.69) is 15.4 Å². The average molecular weight is 321 g/mol. The van der Waals surface area contributed by atoms with Gasteiger partial charge in [0.05, 0.1) is 12.3 Å². The fraction of sp³-hybridized carbons (Fsp3) is 0.417. The summed E-state index contributed by atoms with van der Waals surface area (Å²) in [6, 6.07) is 2.29. The van der Waals surface area contributed by atoms with Crippen LogP contribution in [0.4, 0.5) is 13.6 Å². The summed E-state index contributed by atoms with van der Waals surface area (Å²) in [5.41, 5.74) is 0.415. The molecule has 0 aliphatic rings. The Labute approximate surface area is 122 Å². The van der Waals surface area contributed by atoms with Gasteiger partial charge in [-0.25, -0.2) is 26.7 Å². The number of amides is 2. The molecule has 6 nitrogen and oxygen atoms in total. The van der Waals surface area contributed by atoms with Gasteiger partial charge in [0.25, 0.3) is 0 Å². The van der Waals surface area contributed by atoms with E-state index in [4.69, 9.17) is 0 Å². The van der Waals surface area contributed by atoms with Gasteiger partial charge in [0, 0.05) is 13.1 Å². The van der Waals surface area contributed by atoms with Crippen molar-refractivity contribution in [1.29, 1.82) is 0 Å². The Morgan fingerprint density at radius 3 is 2.48 bits per heavy atom. The normalized spacial score (nSPS) is 12.8. The molecule has 0 saturated carbocycles. The second-order valence-corrected chi connectivity index (χ2v) is 6.29. The number of carbonyl (C=O) groups excluding carboxylic acids is 1. The van der Waals surface area contributed by atoms with E-state index in [1.165, 1.54) is 6.07 Å². The van der Waals surface area contributed by atoms with Crippen LogP contribution < -0.4 is 15.4 Å². The van der Waals surface area contributed by atoms with Crippen LogP contribution in [0.25, 0.3) is 0 Å². The number of sulfonamides is 1. The minimum atomic E-state index is -3.30. The van der Waals surface area contributed by atoms with Crippen LogP contribution in [0, 0.1) is 11.6 Å². The van der Waals surface area contributed by atoms with Crippen molar-refractivity contribution >= 4 is 16.1 Å². The minimum absolute atomic E-state index is 0.0613. The van der Waals surface area contributed by atoms with Gasteiger partial charge in [-0.2, -0.15) is 0 Å². The topological polar surface area (TPSA) is 87.3 Å². The predicted molar refractivity (Wildman–Crippen MR) is 74.2 cm³/mol. The largest absolute Gasteiger partial charge is 0.337 e. The standard InChI is InChI=1S/C12H17F2N3O3S/c1-8(9-3-4-10(13)11(14)7-9)17-12(18)15-5-6-16-21(2,19)20/h3-4,7-8,16H,5-6H2,1-2H3,(H2,15,17,18). The van der Waals surface area contributed by atoms with Crippen LogP contribution in [0.2, 0.25) is 0 Å². The second kappa shape index (κ2) is 7.32. The molecule has 118 valence electrons. The number of urea groups is 1. The maximum Gasteiger partial charge on any atom is 0.315 e. The molecule has 3 N–H and O–H groups in total. The number of hydrogen-bond donors (Lipinski definition) is 3. The van der Waals surface area contributed by atoms with Gasteiger partial charge < -0.3 is 10.6 Å². The number of carbonyl (C=O) groups is 1. The second-order valence-electron chi connectivity index (χ2n) is 4.46. The van der Waals surface area contributed by atoms with Crippen molar-refractivity contribution in [3.63, 3.8) is 0 Å². The molecule has 1 rings (SSSR count). The summed E-state index contributed by atoms with van der Waals surface area (Å²) in [5, 5.41) is 4.96. The molecule has 0 saturated heterocycles. The zero-order chi connectivity index (χ0) is 16.0. The van der Waals surface area contributed by atoms with E-state index in [0.29, 0.717) is 5.56 Å². The van der Waals surface area contributed by atoms with Crippen LogP contribution in [0.1, 0.15) is 18.5 Å². The van der Waals surface area contributed by atoms with Gasteiger partial charge in [-0.3, -0.25) is 0 Å². The maximum atomic E-state index is 13.1.